The van der Waals surface area contributed by atoms with Crippen LogP contribution in [0.2, 0.25) is 0 Å². The van der Waals surface area contributed by atoms with E-state index in [-0.39, 0.29) is 12.4 Å². The Morgan fingerprint density at radius 3 is 3.09 bits per heavy atom. The molecule has 4 heterocycles. The highest BCUT2D eigenvalue weighted by atomic mass is 79.9. The quantitative estimate of drug-likeness (QED) is 0.453. The highest BCUT2D eigenvalue weighted by Crippen LogP contribution is 2.50. The van der Waals surface area contributed by atoms with Crippen molar-refractivity contribution in [2.75, 3.05) is 12.3 Å². The lowest BCUT2D eigenvalue weighted by Crippen LogP contribution is -2.40. The monoisotopic (exact) mass is 422 g/mol. The zero-order valence-electron chi connectivity index (χ0n) is 11.3. The molecule has 2 fully saturated rings. The maximum absolute atomic E-state index is 11.8. The molecule has 2 aliphatic heterocycles. The van der Waals surface area contributed by atoms with Gasteiger partial charge in [-0.15, -0.1) is 0 Å². The number of nitrogens with two attached hydrogens (primary N) is 1. The fourth-order valence-corrected chi connectivity index (χ4v) is 4.64. The molecule has 0 aliphatic carbocycles. The van der Waals surface area contributed by atoms with Crippen LogP contribution in [0.25, 0.3) is 11.2 Å². The Morgan fingerprint density at radius 1 is 1.52 bits per heavy atom. The van der Waals surface area contributed by atoms with Crippen molar-refractivity contribution < 1.29 is 23.8 Å². The second-order valence-corrected chi connectivity index (χ2v) is 8.47. The van der Waals surface area contributed by atoms with E-state index in [4.69, 9.17) is 31.3 Å². The Morgan fingerprint density at radius 2 is 2.30 bits per heavy atom. The molecule has 0 amide bonds. The zero-order valence-corrected chi connectivity index (χ0v) is 14.6. The van der Waals surface area contributed by atoms with E-state index in [2.05, 4.69) is 30.9 Å². The van der Waals surface area contributed by atoms with Crippen LogP contribution in [0.4, 0.5) is 5.82 Å². The first kappa shape index (κ1) is 15.8. The smallest absolute Gasteiger partial charge is 0.181 e. The van der Waals surface area contributed by atoms with Gasteiger partial charge in [0, 0.05) is 0 Å². The molecule has 2 aromatic heterocycles. The van der Waals surface area contributed by atoms with Crippen LogP contribution in [0.5, 0.6) is 0 Å². The van der Waals surface area contributed by atoms with E-state index >= 15 is 0 Å². The summed E-state index contributed by atoms with van der Waals surface area (Å²) in [5.74, 6) is 0.203. The number of aliphatic hydroxyl groups is 1. The predicted octanol–water partition coefficient (Wildman–Crippen LogP) is -0.571. The normalized spacial score (nSPS) is 37.2. The van der Waals surface area contributed by atoms with Gasteiger partial charge in [0.2, 0.25) is 0 Å². The first-order valence-electron chi connectivity index (χ1n) is 6.49. The number of nitrogen functional groups attached to an aromatic ring is 1. The molecule has 0 bridgehead atoms. The summed E-state index contributed by atoms with van der Waals surface area (Å²) in [6, 6.07) is 0. The number of hydrogen-bond acceptors (Lipinski definition) is 10. The van der Waals surface area contributed by atoms with Crippen molar-refractivity contribution in [1.82, 2.24) is 19.5 Å². The van der Waals surface area contributed by atoms with Crippen LogP contribution in [0, 0.1) is 0 Å². The first-order chi connectivity index (χ1) is 10.9. The number of aliphatic hydroxyl groups excluding tert-OH is 1. The third kappa shape index (κ3) is 2.50. The Kier molecular flexibility index (Phi) is 3.70. The molecule has 2 saturated heterocycles. The second-order valence-electron chi connectivity index (χ2n) is 5.05. The van der Waals surface area contributed by atoms with Gasteiger partial charge in [-0.1, -0.05) is 11.8 Å². The molecule has 0 aromatic carbocycles. The van der Waals surface area contributed by atoms with Gasteiger partial charge in [-0.25, -0.2) is 15.0 Å². The molecule has 0 spiro atoms. The van der Waals surface area contributed by atoms with E-state index in [9.17, 15) is 10.00 Å². The minimum atomic E-state index is -3.60. The molecule has 10 nitrogen and oxygen atoms in total. The van der Waals surface area contributed by atoms with Gasteiger partial charge in [-0.2, -0.15) is 0 Å². The number of rotatable bonds is 1. The van der Waals surface area contributed by atoms with Gasteiger partial charge in [-0.3, -0.25) is 4.57 Å². The summed E-state index contributed by atoms with van der Waals surface area (Å²) in [5.41, 5.74) is 6.53. The minimum absolute atomic E-state index is 0.0274. The van der Waals surface area contributed by atoms with Crippen molar-refractivity contribution in [1.29, 1.82) is 0 Å². The lowest BCUT2D eigenvalue weighted by Gasteiger charge is -2.38. The molecule has 3 unspecified atom stereocenters. The minimum Gasteiger partial charge on any atom is -0.780 e. The Labute approximate surface area is 143 Å². The van der Waals surface area contributed by atoms with Crippen LogP contribution < -0.4 is 10.6 Å². The molecular weight excluding hydrogens is 413 g/mol. The summed E-state index contributed by atoms with van der Waals surface area (Å²) in [7, 11) is 0. The van der Waals surface area contributed by atoms with Gasteiger partial charge >= 0.3 is 0 Å². The molecule has 23 heavy (non-hydrogen) atoms. The van der Waals surface area contributed by atoms with Crippen molar-refractivity contribution in [2.24, 2.45) is 0 Å². The summed E-state index contributed by atoms with van der Waals surface area (Å²) < 4.78 is 17.8. The van der Waals surface area contributed by atoms with Crippen LogP contribution >= 0.6 is 22.6 Å². The van der Waals surface area contributed by atoms with E-state index in [1.165, 1.54) is 10.9 Å². The number of halogens is 1. The topological polar surface area (TPSA) is 141 Å². The Bertz CT molecular complexity index is 835. The number of hydrogen-bond donors (Lipinski definition) is 2. The number of anilines is 1. The summed E-state index contributed by atoms with van der Waals surface area (Å²) >= 11 is 8.00. The van der Waals surface area contributed by atoms with E-state index in [0.717, 1.165) is 0 Å². The lowest BCUT2D eigenvalue weighted by molar-refractivity contribution is -0.227. The van der Waals surface area contributed by atoms with Crippen molar-refractivity contribution in [2.45, 2.75) is 24.5 Å². The van der Waals surface area contributed by atoms with Gasteiger partial charge in [0.1, 0.15) is 31.4 Å². The summed E-state index contributed by atoms with van der Waals surface area (Å²) in [6.45, 7) is -3.63. The largest absolute Gasteiger partial charge is 0.780 e. The van der Waals surface area contributed by atoms with Crippen molar-refractivity contribution >= 4 is 51.4 Å². The number of fused-ring (bicyclic) bond motifs is 2. The Hall–Kier alpha value is -0.720. The molecule has 13 heteroatoms. The van der Waals surface area contributed by atoms with Gasteiger partial charge in [0.05, 0.1) is 6.61 Å². The third-order valence-electron chi connectivity index (χ3n) is 3.67. The standard InChI is InChI=1S/C10H11BrN5O5PS/c11-10-15-4-7(12)13-2-14-8(4)16(10)9-5(17)6-3(20-9)1-19-22(18,23)21-6/h2-3,5-6,9,17H,1H2,(H,18,23)(H2,12,13,14)/p-1/t3?,5-,6-,9?,22?/m0/s1. The average molecular weight is 423 g/mol. The van der Waals surface area contributed by atoms with E-state index < -0.39 is 31.3 Å². The van der Waals surface area contributed by atoms with Crippen LogP contribution in [0.15, 0.2) is 11.1 Å². The van der Waals surface area contributed by atoms with Crippen molar-refractivity contribution in [3.05, 3.63) is 11.1 Å². The van der Waals surface area contributed by atoms with Crippen LogP contribution in [-0.2, 0) is 25.6 Å². The fourth-order valence-electron chi connectivity index (χ4n) is 2.67. The summed E-state index contributed by atoms with van der Waals surface area (Å²) in [4.78, 5) is 24.0. The maximum Gasteiger partial charge on any atom is 0.181 e. The molecule has 2 aliphatic rings. The van der Waals surface area contributed by atoms with Gasteiger partial charge in [0.25, 0.3) is 0 Å². The zero-order chi connectivity index (χ0) is 16.4. The van der Waals surface area contributed by atoms with Gasteiger partial charge in [0.15, 0.2) is 27.9 Å². The van der Waals surface area contributed by atoms with Crippen LogP contribution in [0.3, 0.4) is 0 Å². The van der Waals surface area contributed by atoms with Gasteiger partial charge in [-0.05, 0) is 15.9 Å². The summed E-state index contributed by atoms with van der Waals surface area (Å²) in [6.07, 6.45) is -2.20. The average Bonchev–Trinajstić information content (AvgIpc) is 2.97. The maximum atomic E-state index is 11.8. The molecule has 3 N–H and O–H groups in total. The number of aromatic nitrogens is 4. The number of nitrogens with zero attached hydrogens (tertiary/aromatic N) is 4. The Balaban J connectivity index is 1.76. The lowest BCUT2D eigenvalue weighted by atomic mass is 10.1. The second kappa shape index (κ2) is 5.39. The van der Waals surface area contributed by atoms with Crippen molar-refractivity contribution in [3.8, 4) is 0 Å². The molecule has 124 valence electrons. The molecule has 4 rings (SSSR count). The van der Waals surface area contributed by atoms with Crippen LogP contribution in [0.1, 0.15) is 6.23 Å². The molecule has 0 saturated carbocycles. The number of ether oxygens (including phenoxy) is 1. The third-order valence-corrected chi connectivity index (χ3v) is 5.77. The highest BCUT2D eigenvalue weighted by molar-refractivity contribution is 9.10. The number of imidazole rings is 1. The highest BCUT2D eigenvalue weighted by Gasteiger charge is 2.50. The predicted molar refractivity (Wildman–Crippen MR) is 82.5 cm³/mol. The van der Waals surface area contributed by atoms with Crippen molar-refractivity contribution in [3.63, 3.8) is 0 Å². The van der Waals surface area contributed by atoms with Gasteiger partial charge < -0.3 is 29.5 Å². The summed E-state index contributed by atoms with van der Waals surface area (Å²) in [5, 5.41) is 10.5. The molecule has 5 atom stereocenters. The SMILES string of the molecule is Nc1ncnc2c1nc(Br)n2C1OC2COP([O-])(=S)O[C@@H]2[C@@H]1O. The molecular formula is C10H10BrN5O5PS-. The van der Waals surface area contributed by atoms with E-state index in [0.29, 0.717) is 15.9 Å². The van der Waals surface area contributed by atoms with E-state index in [1.807, 2.05) is 0 Å². The molecule has 2 aromatic rings. The fraction of sp³-hybridized carbons (Fsp3) is 0.500. The van der Waals surface area contributed by atoms with E-state index in [1.54, 1.807) is 0 Å². The molecule has 0 radical (unpaired) electrons. The first-order valence-corrected chi connectivity index (χ1v) is 9.84. The van der Waals surface area contributed by atoms with Crippen LogP contribution in [-0.4, -0.2) is 49.5 Å².